The zero-order valence-corrected chi connectivity index (χ0v) is 16.8. The molecule has 0 fully saturated rings. The molecular formula is C22H21F2N3O3. The number of rotatable bonds is 6. The van der Waals surface area contributed by atoms with E-state index in [9.17, 15) is 18.4 Å². The van der Waals surface area contributed by atoms with Crippen LogP contribution < -0.4 is 5.32 Å². The molecule has 3 aromatic rings. The van der Waals surface area contributed by atoms with E-state index in [2.05, 4.69) is 10.4 Å². The van der Waals surface area contributed by atoms with Crippen LogP contribution >= 0.6 is 0 Å². The van der Waals surface area contributed by atoms with Crippen molar-refractivity contribution in [3.63, 3.8) is 0 Å². The van der Waals surface area contributed by atoms with Crippen molar-refractivity contribution >= 4 is 11.9 Å². The number of hydrogen-bond acceptors (Lipinski definition) is 4. The lowest BCUT2D eigenvalue weighted by atomic mass is 10.0. The van der Waals surface area contributed by atoms with Gasteiger partial charge in [0.1, 0.15) is 11.6 Å². The first kappa shape index (κ1) is 21.2. The van der Waals surface area contributed by atoms with E-state index < -0.39 is 29.6 Å². The van der Waals surface area contributed by atoms with E-state index >= 15 is 0 Å². The van der Waals surface area contributed by atoms with E-state index in [-0.39, 0.29) is 12.2 Å². The minimum absolute atomic E-state index is 0.0982. The number of aryl methyl sites for hydroxylation is 1. The van der Waals surface area contributed by atoms with Crippen molar-refractivity contribution in [1.29, 1.82) is 0 Å². The Labute approximate surface area is 172 Å². The van der Waals surface area contributed by atoms with Crippen molar-refractivity contribution in [2.24, 2.45) is 0 Å². The molecule has 0 bridgehead atoms. The topological polar surface area (TPSA) is 73.2 Å². The second kappa shape index (κ2) is 8.86. The van der Waals surface area contributed by atoms with Crippen molar-refractivity contribution in [3.8, 4) is 5.69 Å². The summed E-state index contributed by atoms with van der Waals surface area (Å²) < 4.78 is 34.0. The Kier molecular flexibility index (Phi) is 6.25. The van der Waals surface area contributed by atoms with Crippen LogP contribution in [0.15, 0.2) is 48.5 Å². The maximum absolute atomic E-state index is 14.1. The van der Waals surface area contributed by atoms with Gasteiger partial charge in [0.25, 0.3) is 5.91 Å². The van der Waals surface area contributed by atoms with Crippen LogP contribution in [0.1, 0.15) is 40.3 Å². The zero-order chi connectivity index (χ0) is 21.8. The molecule has 0 saturated carbocycles. The third-order valence-electron chi connectivity index (χ3n) is 4.61. The summed E-state index contributed by atoms with van der Waals surface area (Å²) in [5, 5.41) is 7.00. The van der Waals surface area contributed by atoms with Crippen LogP contribution in [0.5, 0.6) is 0 Å². The van der Waals surface area contributed by atoms with E-state index in [1.54, 1.807) is 25.5 Å². The van der Waals surface area contributed by atoms with Crippen LogP contribution in [0, 0.1) is 25.5 Å². The highest BCUT2D eigenvalue weighted by atomic mass is 19.1. The summed E-state index contributed by atoms with van der Waals surface area (Å²) in [7, 11) is 0. The zero-order valence-electron chi connectivity index (χ0n) is 16.8. The average Bonchev–Trinajstić information content (AvgIpc) is 3.01. The molecule has 2 aromatic carbocycles. The number of esters is 1. The fourth-order valence-corrected chi connectivity index (χ4v) is 3.25. The van der Waals surface area contributed by atoms with E-state index in [1.165, 1.54) is 0 Å². The largest absolute Gasteiger partial charge is 0.464 e. The fraction of sp³-hybridized carbons (Fsp3) is 0.227. The van der Waals surface area contributed by atoms with Gasteiger partial charge in [-0.25, -0.2) is 18.3 Å². The molecule has 1 heterocycles. The monoisotopic (exact) mass is 413 g/mol. The van der Waals surface area contributed by atoms with Gasteiger partial charge in [0.05, 0.1) is 23.6 Å². The Morgan fingerprint density at radius 3 is 2.47 bits per heavy atom. The summed E-state index contributed by atoms with van der Waals surface area (Å²) in [6.45, 7) is 5.21. The average molecular weight is 413 g/mol. The van der Waals surface area contributed by atoms with Gasteiger partial charge in [-0.2, -0.15) is 5.10 Å². The third kappa shape index (κ3) is 4.22. The molecule has 0 spiro atoms. The summed E-state index contributed by atoms with van der Waals surface area (Å²) in [6.07, 6.45) is 0. The standard InChI is InChI=1S/C22H21F2N3O3/c1-4-30-22(29)20(25-21(28)17-11-10-15(23)12-18(17)24)19-13(2)26-27(14(19)3)16-8-6-5-7-9-16/h5-12,20H,4H2,1-3H3,(H,25,28)/t20-/m0/s1. The smallest absolute Gasteiger partial charge is 0.333 e. The highest BCUT2D eigenvalue weighted by molar-refractivity contribution is 5.97. The quantitative estimate of drug-likeness (QED) is 0.624. The van der Waals surface area contributed by atoms with Gasteiger partial charge in [0.15, 0.2) is 6.04 Å². The maximum Gasteiger partial charge on any atom is 0.333 e. The summed E-state index contributed by atoms with van der Waals surface area (Å²) in [6, 6.07) is 10.7. The van der Waals surface area contributed by atoms with Crippen LogP contribution in [-0.2, 0) is 9.53 Å². The van der Waals surface area contributed by atoms with Crippen molar-refractivity contribution in [2.45, 2.75) is 26.8 Å². The van der Waals surface area contributed by atoms with Crippen LogP contribution in [-0.4, -0.2) is 28.3 Å². The predicted octanol–water partition coefficient (Wildman–Crippen LogP) is 3.80. The SMILES string of the molecule is CCOC(=O)[C@@H](NC(=O)c1ccc(F)cc1F)c1c(C)nn(-c2ccccc2)c1C. The van der Waals surface area contributed by atoms with Crippen LogP contribution in [0.4, 0.5) is 8.78 Å². The number of halogens is 2. The first-order valence-corrected chi connectivity index (χ1v) is 9.37. The molecule has 0 aliphatic carbocycles. The summed E-state index contributed by atoms with van der Waals surface area (Å²) in [4.78, 5) is 25.3. The molecule has 1 N–H and O–H groups in total. The Balaban J connectivity index is 2.02. The van der Waals surface area contributed by atoms with Gasteiger partial charge in [0.2, 0.25) is 0 Å². The maximum atomic E-state index is 14.1. The molecule has 0 aliphatic rings. The van der Waals surface area contributed by atoms with Gasteiger partial charge in [-0.3, -0.25) is 4.79 Å². The molecule has 6 nitrogen and oxygen atoms in total. The summed E-state index contributed by atoms with van der Waals surface area (Å²) >= 11 is 0. The molecule has 3 rings (SSSR count). The Hall–Kier alpha value is -3.55. The molecule has 0 radical (unpaired) electrons. The van der Waals surface area contributed by atoms with Gasteiger partial charge in [-0.05, 0) is 45.0 Å². The molecule has 8 heteroatoms. The number of aromatic nitrogens is 2. The van der Waals surface area contributed by atoms with E-state index in [0.717, 1.165) is 17.8 Å². The van der Waals surface area contributed by atoms with Crippen molar-refractivity contribution < 1.29 is 23.1 Å². The number of amides is 1. The van der Waals surface area contributed by atoms with Crippen molar-refractivity contribution in [1.82, 2.24) is 15.1 Å². The number of hydrogen-bond donors (Lipinski definition) is 1. The number of carbonyl (C=O) groups is 2. The molecule has 1 aromatic heterocycles. The summed E-state index contributed by atoms with van der Waals surface area (Å²) in [5.41, 5.74) is 1.98. The Morgan fingerprint density at radius 1 is 1.13 bits per heavy atom. The van der Waals surface area contributed by atoms with Crippen LogP contribution in [0.25, 0.3) is 5.69 Å². The van der Waals surface area contributed by atoms with Crippen LogP contribution in [0.2, 0.25) is 0 Å². The van der Waals surface area contributed by atoms with Crippen LogP contribution in [0.3, 0.4) is 0 Å². The fourth-order valence-electron chi connectivity index (χ4n) is 3.25. The highest BCUT2D eigenvalue weighted by Gasteiger charge is 2.31. The molecule has 1 amide bonds. The first-order chi connectivity index (χ1) is 14.3. The van der Waals surface area contributed by atoms with E-state index in [1.807, 2.05) is 30.3 Å². The van der Waals surface area contributed by atoms with Gasteiger partial charge in [-0.1, -0.05) is 18.2 Å². The highest BCUT2D eigenvalue weighted by Crippen LogP contribution is 2.26. The second-order valence-corrected chi connectivity index (χ2v) is 6.61. The van der Waals surface area contributed by atoms with Gasteiger partial charge >= 0.3 is 5.97 Å². The normalized spacial score (nSPS) is 11.8. The molecule has 1 atom stereocenters. The van der Waals surface area contributed by atoms with Gasteiger partial charge < -0.3 is 10.1 Å². The number of nitrogens with one attached hydrogen (secondary N) is 1. The lowest BCUT2D eigenvalue weighted by molar-refractivity contribution is -0.145. The summed E-state index contributed by atoms with van der Waals surface area (Å²) in [5.74, 6) is -3.39. The minimum atomic E-state index is -1.21. The lowest BCUT2D eigenvalue weighted by Crippen LogP contribution is -2.36. The molecule has 0 saturated heterocycles. The van der Waals surface area contributed by atoms with Gasteiger partial charge in [0, 0.05) is 17.3 Å². The van der Waals surface area contributed by atoms with E-state index in [4.69, 9.17) is 4.74 Å². The second-order valence-electron chi connectivity index (χ2n) is 6.61. The number of carbonyl (C=O) groups excluding carboxylic acids is 2. The lowest BCUT2D eigenvalue weighted by Gasteiger charge is -2.18. The van der Waals surface area contributed by atoms with E-state index in [0.29, 0.717) is 23.0 Å². The predicted molar refractivity (Wildman–Crippen MR) is 106 cm³/mol. The first-order valence-electron chi connectivity index (χ1n) is 9.37. The van der Waals surface area contributed by atoms with Crippen molar-refractivity contribution in [3.05, 3.63) is 82.7 Å². The third-order valence-corrected chi connectivity index (χ3v) is 4.61. The molecule has 30 heavy (non-hydrogen) atoms. The van der Waals surface area contributed by atoms with Gasteiger partial charge in [-0.15, -0.1) is 0 Å². The number of nitrogens with zero attached hydrogens (tertiary/aromatic N) is 2. The Bertz CT molecular complexity index is 1080. The molecule has 0 aliphatic heterocycles. The number of ether oxygens (including phenoxy) is 1. The molecular weight excluding hydrogens is 392 g/mol. The minimum Gasteiger partial charge on any atom is -0.464 e. The molecule has 156 valence electrons. The Morgan fingerprint density at radius 2 is 1.83 bits per heavy atom. The number of para-hydroxylation sites is 1. The number of benzene rings is 2. The van der Waals surface area contributed by atoms with Crippen molar-refractivity contribution in [2.75, 3.05) is 6.61 Å². The molecule has 0 unspecified atom stereocenters.